The topological polar surface area (TPSA) is 33.2 Å². The number of nitrogens with zero attached hydrogens (tertiary/aromatic N) is 2. The minimum atomic E-state index is -0.292. The summed E-state index contributed by atoms with van der Waals surface area (Å²) in [6.45, 7) is 5.40. The quantitative estimate of drug-likeness (QED) is 0.623. The first-order valence-corrected chi connectivity index (χ1v) is 8.73. The van der Waals surface area contributed by atoms with E-state index in [1.54, 1.807) is 12.1 Å². The molecule has 1 aliphatic rings. The Labute approximate surface area is 151 Å². The van der Waals surface area contributed by atoms with Gasteiger partial charge in [-0.3, -0.25) is 4.79 Å². The number of benzene rings is 2. The summed E-state index contributed by atoms with van der Waals surface area (Å²) >= 11 is 0. The number of halogens is 1. The number of fused-ring (bicyclic) bond motifs is 1. The highest BCUT2D eigenvalue weighted by atomic mass is 19.1. The van der Waals surface area contributed by atoms with Crippen LogP contribution in [0.25, 0.3) is 22.2 Å². The van der Waals surface area contributed by atoms with Crippen molar-refractivity contribution in [2.75, 3.05) is 13.1 Å². The molecule has 0 saturated carbocycles. The maximum absolute atomic E-state index is 13.2. The number of rotatable bonds is 2. The highest BCUT2D eigenvalue weighted by molar-refractivity contribution is 6.07. The second-order valence-electron chi connectivity index (χ2n) is 6.62. The fourth-order valence-corrected chi connectivity index (χ4v) is 3.32. The minimum Gasteiger partial charge on any atom is -0.338 e. The number of aromatic nitrogens is 1. The molecule has 0 unspecified atom stereocenters. The monoisotopic (exact) mass is 346 g/mol. The number of amides is 1. The Hall–Kier alpha value is -3.01. The lowest BCUT2D eigenvalue weighted by atomic mass is 10.0. The fraction of sp³-hybridized carbons (Fsp3) is 0.182. The molecular weight excluding hydrogens is 327 g/mol. The Kier molecular flexibility index (Phi) is 4.25. The average Bonchev–Trinajstić information content (AvgIpc) is 2.68. The average molecular weight is 346 g/mol. The number of hydrogen-bond donors (Lipinski definition) is 0. The van der Waals surface area contributed by atoms with Gasteiger partial charge in [0.25, 0.3) is 5.91 Å². The number of carbonyl (C=O) groups excluding carboxylic acids is 1. The molecule has 3 aromatic rings. The molecule has 1 aromatic heterocycles. The van der Waals surface area contributed by atoms with E-state index in [-0.39, 0.29) is 11.7 Å². The molecule has 3 nitrogen and oxygen atoms in total. The molecule has 130 valence electrons. The molecule has 0 N–H and O–H groups in total. The van der Waals surface area contributed by atoms with E-state index in [2.05, 4.69) is 11.6 Å². The van der Waals surface area contributed by atoms with E-state index in [9.17, 15) is 9.18 Å². The Balaban J connectivity index is 1.80. The van der Waals surface area contributed by atoms with Crippen LogP contribution >= 0.6 is 0 Å². The molecule has 4 heteroatoms. The van der Waals surface area contributed by atoms with Crippen LogP contribution < -0.4 is 0 Å². The number of likely N-dealkylation sites (tertiary alicyclic amines) is 1. The van der Waals surface area contributed by atoms with E-state index in [0.29, 0.717) is 24.3 Å². The van der Waals surface area contributed by atoms with Gasteiger partial charge in [-0.1, -0.05) is 30.4 Å². The molecule has 2 aromatic carbocycles. The van der Waals surface area contributed by atoms with E-state index >= 15 is 0 Å². The standard InChI is InChI=1S/C22H19FN2O/c1-15-10-12-25(13-11-15)22(26)19-14-21(16-6-8-17(23)9-7-16)24-20-5-3-2-4-18(19)20/h2-9,14H,1,10-13H2. The lowest BCUT2D eigenvalue weighted by molar-refractivity contribution is 0.0746. The predicted octanol–water partition coefficient (Wildman–Crippen LogP) is 4.83. The third kappa shape index (κ3) is 3.10. The molecule has 4 rings (SSSR count). The second-order valence-corrected chi connectivity index (χ2v) is 6.62. The zero-order valence-corrected chi connectivity index (χ0v) is 14.4. The summed E-state index contributed by atoms with van der Waals surface area (Å²) in [6, 6.07) is 15.6. The Morgan fingerprint density at radius 1 is 1.04 bits per heavy atom. The van der Waals surface area contributed by atoms with Gasteiger partial charge in [0.05, 0.1) is 16.8 Å². The van der Waals surface area contributed by atoms with Gasteiger partial charge >= 0.3 is 0 Å². The first-order valence-electron chi connectivity index (χ1n) is 8.73. The van der Waals surface area contributed by atoms with Crippen LogP contribution in [0.15, 0.2) is 66.7 Å². The third-order valence-electron chi connectivity index (χ3n) is 4.84. The molecule has 1 saturated heterocycles. The smallest absolute Gasteiger partial charge is 0.254 e. The minimum absolute atomic E-state index is 0.0134. The number of para-hydroxylation sites is 1. The van der Waals surface area contributed by atoms with Crippen molar-refractivity contribution in [3.8, 4) is 11.3 Å². The molecule has 1 aliphatic heterocycles. The van der Waals surface area contributed by atoms with Gasteiger partial charge in [0.15, 0.2) is 0 Å². The molecular formula is C22H19FN2O. The largest absolute Gasteiger partial charge is 0.338 e. The van der Waals surface area contributed by atoms with Crippen LogP contribution in [-0.4, -0.2) is 28.9 Å². The van der Waals surface area contributed by atoms with Crippen LogP contribution in [0.4, 0.5) is 4.39 Å². The van der Waals surface area contributed by atoms with Crippen LogP contribution in [0, 0.1) is 5.82 Å². The Morgan fingerprint density at radius 2 is 1.73 bits per heavy atom. The van der Waals surface area contributed by atoms with Crippen molar-refractivity contribution in [2.24, 2.45) is 0 Å². The van der Waals surface area contributed by atoms with Gasteiger partial charge in [-0.2, -0.15) is 0 Å². The molecule has 2 heterocycles. The van der Waals surface area contributed by atoms with Crippen molar-refractivity contribution < 1.29 is 9.18 Å². The van der Waals surface area contributed by atoms with Crippen LogP contribution in [0.5, 0.6) is 0 Å². The summed E-state index contributed by atoms with van der Waals surface area (Å²) in [4.78, 5) is 19.7. The molecule has 0 aliphatic carbocycles. The van der Waals surface area contributed by atoms with Gasteiger partial charge in [0, 0.05) is 24.0 Å². The van der Waals surface area contributed by atoms with Gasteiger partial charge in [-0.15, -0.1) is 0 Å². The lowest BCUT2D eigenvalue weighted by Crippen LogP contribution is -2.36. The summed E-state index contributed by atoms with van der Waals surface area (Å²) in [5.74, 6) is -0.279. The van der Waals surface area contributed by atoms with E-state index in [0.717, 1.165) is 29.3 Å². The van der Waals surface area contributed by atoms with Crippen LogP contribution in [0.2, 0.25) is 0 Å². The Morgan fingerprint density at radius 3 is 2.46 bits per heavy atom. The second kappa shape index (κ2) is 6.71. The molecule has 1 amide bonds. The van der Waals surface area contributed by atoms with Gasteiger partial charge in [0.1, 0.15) is 5.82 Å². The van der Waals surface area contributed by atoms with E-state index in [4.69, 9.17) is 0 Å². The van der Waals surface area contributed by atoms with Gasteiger partial charge in [-0.05, 0) is 49.2 Å². The van der Waals surface area contributed by atoms with Crippen LogP contribution in [-0.2, 0) is 0 Å². The molecule has 1 fully saturated rings. The summed E-state index contributed by atoms with van der Waals surface area (Å²) in [7, 11) is 0. The first kappa shape index (κ1) is 16.5. The summed E-state index contributed by atoms with van der Waals surface area (Å²) < 4.78 is 13.2. The highest BCUT2D eigenvalue weighted by Gasteiger charge is 2.22. The van der Waals surface area contributed by atoms with Crippen molar-refractivity contribution >= 4 is 16.8 Å². The van der Waals surface area contributed by atoms with E-state index in [1.807, 2.05) is 35.2 Å². The number of piperidine rings is 1. The summed E-state index contributed by atoms with van der Waals surface area (Å²) in [6.07, 6.45) is 1.69. The van der Waals surface area contributed by atoms with E-state index < -0.39 is 0 Å². The molecule has 0 atom stereocenters. The van der Waals surface area contributed by atoms with Crippen LogP contribution in [0.1, 0.15) is 23.2 Å². The van der Waals surface area contributed by atoms with E-state index in [1.165, 1.54) is 17.7 Å². The fourth-order valence-electron chi connectivity index (χ4n) is 3.32. The van der Waals surface area contributed by atoms with Crippen molar-refractivity contribution in [1.29, 1.82) is 0 Å². The van der Waals surface area contributed by atoms with Gasteiger partial charge in [-0.25, -0.2) is 9.37 Å². The highest BCUT2D eigenvalue weighted by Crippen LogP contribution is 2.27. The lowest BCUT2D eigenvalue weighted by Gasteiger charge is -2.28. The molecule has 0 spiro atoms. The normalized spacial score (nSPS) is 14.7. The molecule has 0 bridgehead atoms. The maximum atomic E-state index is 13.2. The Bertz CT molecular complexity index is 985. The SMILES string of the molecule is C=C1CCN(C(=O)c2cc(-c3ccc(F)cc3)nc3ccccc23)CC1. The van der Waals surface area contributed by atoms with Crippen LogP contribution in [0.3, 0.4) is 0 Å². The van der Waals surface area contributed by atoms with Gasteiger partial charge in [0.2, 0.25) is 0 Å². The molecule has 26 heavy (non-hydrogen) atoms. The third-order valence-corrected chi connectivity index (χ3v) is 4.84. The van der Waals surface area contributed by atoms with Gasteiger partial charge < -0.3 is 4.90 Å². The summed E-state index contributed by atoms with van der Waals surface area (Å²) in [5, 5.41) is 0.841. The first-order chi connectivity index (χ1) is 12.6. The number of carbonyl (C=O) groups is 1. The number of pyridine rings is 1. The maximum Gasteiger partial charge on any atom is 0.254 e. The summed E-state index contributed by atoms with van der Waals surface area (Å²) in [5.41, 5.74) is 4.06. The number of hydrogen-bond acceptors (Lipinski definition) is 2. The molecule has 0 radical (unpaired) electrons. The van der Waals surface area contributed by atoms with Crippen molar-refractivity contribution in [2.45, 2.75) is 12.8 Å². The van der Waals surface area contributed by atoms with Crippen molar-refractivity contribution in [3.63, 3.8) is 0 Å². The zero-order valence-electron chi connectivity index (χ0n) is 14.4. The zero-order chi connectivity index (χ0) is 18.1. The van der Waals surface area contributed by atoms with Crippen molar-refractivity contribution in [1.82, 2.24) is 9.88 Å². The van der Waals surface area contributed by atoms with Crippen molar-refractivity contribution in [3.05, 3.63) is 78.1 Å². The predicted molar refractivity (Wildman–Crippen MR) is 101 cm³/mol.